The van der Waals surface area contributed by atoms with E-state index in [1.807, 2.05) is 7.05 Å². The zero-order chi connectivity index (χ0) is 13.5. The van der Waals surface area contributed by atoms with Crippen LogP contribution in [0.1, 0.15) is 32.5 Å². The van der Waals surface area contributed by atoms with Gasteiger partial charge in [-0.05, 0) is 19.9 Å². The Morgan fingerprint density at radius 3 is 2.83 bits per heavy atom. The predicted octanol–water partition coefficient (Wildman–Crippen LogP) is 1.26. The van der Waals surface area contributed by atoms with Crippen LogP contribution in [0.25, 0.3) is 0 Å². The third-order valence-corrected chi connectivity index (χ3v) is 2.21. The molecule has 0 N–H and O–H groups in total. The highest BCUT2D eigenvalue weighted by atomic mass is 16.5. The second kappa shape index (κ2) is 7.10. The van der Waals surface area contributed by atoms with Crippen molar-refractivity contribution >= 4 is 5.97 Å². The summed E-state index contributed by atoms with van der Waals surface area (Å²) in [6.45, 7) is 7.07. The van der Waals surface area contributed by atoms with Crippen LogP contribution < -0.4 is 0 Å². The van der Waals surface area contributed by atoms with E-state index in [9.17, 15) is 4.79 Å². The number of carbonyl (C=O) groups is 1. The summed E-state index contributed by atoms with van der Waals surface area (Å²) in [6.07, 6.45) is 0.772. The van der Waals surface area contributed by atoms with Crippen LogP contribution in [-0.4, -0.2) is 41.2 Å². The zero-order valence-electron chi connectivity index (χ0n) is 11.5. The van der Waals surface area contributed by atoms with Crippen molar-refractivity contribution in [1.29, 1.82) is 0 Å². The summed E-state index contributed by atoms with van der Waals surface area (Å²) >= 11 is 0. The molecule has 0 bridgehead atoms. The Kier molecular flexibility index (Phi) is 5.77. The third-order valence-electron chi connectivity index (χ3n) is 2.21. The van der Waals surface area contributed by atoms with Crippen molar-refractivity contribution < 1.29 is 14.1 Å². The highest BCUT2D eigenvalue weighted by molar-refractivity contribution is 5.71. The van der Waals surface area contributed by atoms with E-state index in [0.29, 0.717) is 30.8 Å². The van der Waals surface area contributed by atoms with Crippen LogP contribution in [0.15, 0.2) is 4.52 Å². The summed E-state index contributed by atoms with van der Waals surface area (Å²) in [4.78, 5) is 17.3. The van der Waals surface area contributed by atoms with Crippen LogP contribution >= 0.6 is 0 Å². The van der Waals surface area contributed by atoms with Gasteiger partial charge >= 0.3 is 5.97 Å². The van der Waals surface area contributed by atoms with E-state index in [1.54, 1.807) is 11.8 Å². The minimum Gasteiger partial charge on any atom is -0.465 e. The minimum atomic E-state index is -0.245. The van der Waals surface area contributed by atoms with Crippen LogP contribution in [0, 0.1) is 5.92 Å². The highest BCUT2D eigenvalue weighted by Crippen LogP contribution is 2.06. The summed E-state index contributed by atoms with van der Waals surface area (Å²) in [6, 6.07) is 0. The summed E-state index contributed by atoms with van der Waals surface area (Å²) in [5.41, 5.74) is 0. The third kappa shape index (κ3) is 5.27. The van der Waals surface area contributed by atoms with Gasteiger partial charge in [-0.1, -0.05) is 19.0 Å². The number of likely N-dealkylation sites (N-methyl/N-ethyl adjacent to an activating group) is 1. The van der Waals surface area contributed by atoms with E-state index in [0.717, 1.165) is 6.42 Å². The minimum absolute atomic E-state index is 0.224. The molecule has 0 fully saturated rings. The molecule has 0 amide bonds. The van der Waals surface area contributed by atoms with Gasteiger partial charge in [-0.25, -0.2) is 0 Å². The van der Waals surface area contributed by atoms with Gasteiger partial charge in [0.05, 0.1) is 19.7 Å². The molecule has 0 aliphatic heterocycles. The standard InChI is InChI=1S/C12H21N3O3/c1-5-17-12(16)8-15(4)7-10-13-11(18-14-10)6-9(2)3/h9H,5-8H2,1-4H3. The van der Waals surface area contributed by atoms with Gasteiger partial charge in [0.1, 0.15) is 0 Å². The van der Waals surface area contributed by atoms with Gasteiger partial charge in [0.15, 0.2) is 5.82 Å². The number of carbonyl (C=O) groups excluding carboxylic acids is 1. The molecular formula is C12H21N3O3. The molecule has 18 heavy (non-hydrogen) atoms. The predicted molar refractivity (Wildman–Crippen MR) is 65.8 cm³/mol. The number of hydrogen-bond donors (Lipinski definition) is 0. The van der Waals surface area contributed by atoms with Gasteiger partial charge in [-0.2, -0.15) is 4.98 Å². The molecular weight excluding hydrogens is 234 g/mol. The Bertz CT molecular complexity index is 376. The van der Waals surface area contributed by atoms with Gasteiger partial charge in [0.25, 0.3) is 0 Å². The Hall–Kier alpha value is -1.43. The molecule has 0 aromatic carbocycles. The summed E-state index contributed by atoms with van der Waals surface area (Å²) in [7, 11) is 1.81. The first-order valence-electron chi connectivity index (χ1n) is 6.16. The van der Waals surface area contributed by atoms with Crippen molar-refractivity contribution in [1.82, 2.24) is 15.0 Å². The molecule has 102 valence electrons. The van der Waals surface area contributed by atoms with Crippen LogP contribution in [0.4, 0.5) is 0 Å². The first-order valence-corrected chi connectivity index (χ1v) is 6.16. The van der Waals surface area contributed by atoms with Crippen molar-refractivity contribution in [3.8, 4) is 0 Å². The average molecular weight is 255 g/mol. The normalized spacial score (nSPS) is 11.2. The van der Waals surface area contributed by atoms with Gasteiger partial charge in [0, 0.05) is 6.42 Å². The molecule has 0 unspecified atom stereocenters. The van der Waals surface area contributed by atoms with E-state index in [-0.39, 0.29) is 12.5 Å². The maximum absolute atomic E-state index is 11.3. The maximum atomic E-state index is 11.3. The van der Waals surface area contributed by atoms with Gasteiger partial charge < -0.3 is 9.26 Å². The lowest BCUT2D eigenvalue weighted by Gasteiger charge is -2.12. The number of aromatic nitrogens is 2. The van der Waals surface area contributed by atoms with E-state index in [2.05, 4.69) is 24.0 Å². The molecule has 0 atom stereocenters. The van der Waals surface area contributed by atoms with Crippen molar-refractivity contribution in [2.75, 3.05) is 20.2 Å². The lowest BCUT2D eigenvalue weighted by Crippen LogP contribution is -2.27. The molecule has 0 spiro atoms. The first kappa shape index (κ1) is 14.6. The first-order chi connectivity index (χ1) is 8.51. The highest BCUT2D eigenvalue weighted by Gasteiger charge is 2.12. The number of rotatable bonds is 7. The van der Waals surface area contributed by atoms with E-state index >= 15 is 0 Å². The molecule has 0 radical (unpaired) electrons. The molecule has 1 aromatic rings. The Labute approximate surface area is 107 Å². The van der Waals surface area contributed by atoms with E-state index < -0.39 is 0 Å². The molecule has 1 aromatic heterocycles. The van der Waals surface area contributed by atoms with Crippen LogP contribution in [0.3, 0.4) is 0 Å². The number of nitrogens with zero attached hydrogens (tertiary/aromatic N) is 3. The summed E-state index contributed by atoms with van der Waals surface area (Å²) in [5, 5.41) is 3.88. The van der Waals surface area contributed by atoms with Crippen LogP contribution in [-0.2, 0) is 22.5 Å². The van der Waals surface area contributed by atoms with Crippen LogP contribution in [0.2, 0.25) is 0 Å². The average Bonchev–Trinajstić information content (AvgIpc) is 2.64. The van der Waals surface area contributed by atoms with Gasteiger partial charge in [-0.3, -0.25) is 9.69 Å². The lowest BCUT2D eigenvalue weighted by molar-refractivity contribution is -0.144. The maximum Gasteiger partial charge on any atom is 0.320 e. The zero-order valence-corrected chi connectivity index (χ0v) is 11.5. The summed E-state index contributed by atoms with van der Waals surface area (Å²) < 4.78 is 9.99. The smallest absolute Gasteiger partial charge is 0.320 e. The second-order valence-corrected chi connectivity index (χ2v) is 4.68. The largest absolute Gasteiger partial charge is 0.465 e. The van der Waals surface area contributed by atoms with E-state index in [4.69, 9.17) is 9.26 Å². The fraction of sp³-hybridized carbons (Fsp3) is 0.750. The monoisotopic (exact) mass is 255 g/mol. The van der Waals surface area contributed by atoms with Crippen molar-refractivity contribution in [3.05, 3.63) is 11.7 Å². The molecule has 0 aliphatic carbocycles. The van der Waals surface area contributed by atoms with Crippen molar-refractivity contribution in [3.63, 3.8) is 0 Å². The quantitative estimate of drug-likeness (QED) is 0.683. The van der Waals surface area contributed by atoms with E-state index in [1.165, 1.54) is 0 Å². The lowest BCUT2D eigenvalue weighted by atomic mass is 10.1. The second-order valence-electron chi connectivity index (χ2n) is 4.68. The van der Waals surface area contributed by atoms with Crippen molar-refractivity contribution in [2.24, 2.45) is 5.92 Å². The van der Waals surface area contributed by atoms with Crippen LogP contribution in [0.5, 0.6) is 0 Å². The fourth-order valence-electron chi connectivity index (χ4n) is 1.51. The molecule has 0 aliphatic rings. The molecule has 6 nitrogen and oxygen atoms in total. The molecule has 1 rings (SSSR count). The van der Waals surface area contributed by atoms with Gasteiger partial charge in [-0.15, -0.1) is 0 Å². The van der Waals surface area contributed by atoms with Crippen molar-refractivity contribution in [2.45, 2.75) is 33.7 Å². The Morgan fingerprint density at radius 1 is 1.50 bits per heavy atom. The molecule has 1 heterocycles. The van der Waals surface area contributed by atoms with Gasteiger partial charge in [0.2, 0.25) is 5.89 Å². The number of ether oxygens (including phenoxy) is 1. The number of esters is 1. The molecule has 0 saturated carbocycles. The molecule has 6 heteroatoms. The number of hydrogen-bond acceptors (Lipinski definition) is 6. The Morgan fingerprint density at radius 2 is 2.22 bits per heavy atom. The SMILES string of the molecule is CCOC(=O)CN(C)Cc1noc(CC(C)C)n1. The topological polar surface area (TPSA) is 68.5 Å². The fourth-order valence-corrected chi connectivity index (χ4v) is 1.51. The Balaban J connectivity index is 2.41. The molecule has 0 saturated heterocycles. The summed E-state index contributed by atoms with van der Waals surface area (Å²) in [5.74, 6) is 1.48.